The summed E-state index contributed by atoms with van der Waals surface area (Å²) in [7, 11) is 0. The molecule has 0 atom stereocenters. The van der Waals surface area contributed by atoms with E-state index in [1.807, 2.05) is 0 Å². The van der Waals surface area contributed by atoms with E-state index in [1.54, 1.807) is 13.8 Å². The molecule has 1 fully saturated rings. The third kappa shape index (κ3) is 4.31. The molecule has 1 aliphatic heterocycles. The standard InChI is InChI=1S/C17H17F3N6O3/c1-16(2)7-26(15(28)25-16)14-23-11(13(22)27)10(12(21)24-14)8-3-5-9(6-4-8)29-17(18,19)20/h3-6H,7H2,1-2H3,(H2,22,27)(H,25,28)(H2,21,23,24). The van der Waals surface area contributed by atoms with E-state index in [0.717, 1.165) is 12.1 Å². The number of rotatable bonds is 4. The number of nitrogens with two attached hydrogens (primary N) is 2. The van der Waals surface area contributed by atoms with Crippen LogP contribution in [0.15, 0.2) is 24.3 Å². The van der Waals surface area contributed by atoms with Crippen LogP contribution < -0.4 is 26.4 Å². The van der Waals surface area contributed by atoms with Crippen LogP contribution in [0.4, 0.5) is 29.7 Å². The molecule has 29 heavy (non-hydrogen) atoms. The summed E-state index contributed by atoms with van der Waals surface area (Å²) in [5.41, 5.74) is 10.9. The van der Waals surface area contributed by atoms with Gasteiger partial charge in [-0.15, -0.1) is 13.2 Å². The molecule has 0 aliphatic carbocycles. The van der Waals surface area contributed by atoms with Crippen LogP contribution in [0, 0.1) is 0 Å². The zero-order valence-electron chi connectivity index (χ0n) is 15.4. The van der Waals surface area contributed by atoms with Crippen LogP contribution in [0.2, 0.25) is 0 Å². The Hall–Kier alpha value is -3.57. The molecule has 3 rings (SSSR count). The lowest BCUT2D eigenvalue weighted by Gasteiger charge is -2.18. The number of urea groups is 1. The molecule has 154 valence electrons. The molecule has 9 nitrogen and oxygen atoms in total. The van der Waals surface area contributed by atoms with Gasteiger partial charge in [0, 0.05) is 0 Å². The molecule has 3 amide bonds. The highest BCUT2D eigenvalue weighted by Gasteiger charge is 2.38. The zero-order valence-corrected chi connectivity index (χ0v) is 15.4. The summed E-state index contributed by atoms with van der Waals surface area (Å²) in [5, 5.41) is 2.73. The number of nitrogen functional groups attached to an aromatic ring is 1. The third-order valence-corrected chi connectivity index (χ3v) is 4.02. The van der Waals surface area contributed by atoms with Gasteiger partial charge >= 0.3 is 12.4 Å². The smallest absolute Gasteiger partial charge is 0.406 e. The first-order valence-corrected chi connectivity index (χ1v) is 8.29. The molecule has 0 unspecified atom stereocenters. The monoisotopic (exact) mass is 410 g/mol. The fraction of sp³-hybridized carbons (Fsp3) is 0.294. The number of halogens is 3. The van der Waals surface area contributed by atoms with E-state index < -0.39 is 29.6 Å². The first-order valence-electron chi connectivity index (χ1n) is 8.29. The molecule has 2 aromatic rings. The number of aromatic nitrogens is 2. The van der Waals surface area contributed by atoms with Crippen LogP contribution in [-0.4, -0.2) is 40.4 Å². The Bertz CT molecular complexity index is 976. The number of benzene rings is 1. The normalized spacial score (nSPS) is 15.9. The Balaban J connectivity index is 2.02. The molecule has 0 bridgehead atoms. The molecule has 1 saturated heterocycles. The molecule has 2 heterocycles. The minimum atomic E-state index is -4.84. The van der Waals surface area contributed by atoms with E-state index in [1.165, 1.54) is 17.0 Å². The first-order chi connectivity index (χ1) is 13.4. The Kier molecular flexibility index (Phi) is 4.73. The number of nitrogens with one attached hydrogen (secondary N) is 1. The number of anilines is 2. The van der Waals surface area contributed by atoms with Gasteiger partial charge in [-0.2, -0.15) is 4.98 Å². The van der Waals surface area contributed by atoms with Crippen LogP contribution in [0.25, 0.3) is 11.1 Å². The molecule has 12 heteroatoms. The van der Waals surface area contributed by atoms with Crippen LogP contribution in [0.3, 0.4) is 0 Å². The average Bonchev–Trinajstić information content (AvgIpc) is 2.86. The van der Waals surface area contributed by atoms with Crippen molar-refractivity contribution < 1.29 is 27.5 Å². The molecule has 5 N–H and O–H groups in total. The van der Waals surface area contributed by atoms with Gasteiger partial charge in [-0.3, -0.25) is 9.69 Å². The number of hydrogen-bond donors (Lipinski definition) is 3. The molecule has 0 spiro atoms. The van der Waals surface area contributed by atoms with Crippen LogP contribution in [-0.2, 0) is 0 Å². The number of hydrogen-bond acceptors (Lipinski definition) is 6. The highest BCUT2D eigenvalue weighted by Crippen LogP contribution is 2.32. The van der Waals surface area contributed by atoms with Gasteiger partial charge in [-0.05, 0) is 31.5 Å². The fourth-order valence-corrected chi connectivity index (χ4v) is 2.90. The number of amides is 3. The third-order valence-electron chi connectivity index (χ3n) is 4.02. The summed E-state index contributed by atoms with van der Waals surface area (Å²) in [4.78, 5) is 33.5. The molecule has 1 aliphatic rings. The lowest BCUT2D eigenvalue weighted by Crippen LogP contribution is -2.36. The number of carbonyl (C=O) groups is 2. The van der Waals surface area contributed by atoms with E-state index in [2.05, 4.69) is 20.0 Å². The Morgan fingerprint density at radius 2 is 1.86 bits per heavy atom. The number of primary amides is 1. The second-order valence-corrected chi connectivity index (χ2v) is 6.97. The van der Waals surface area contributed by atoms with Gasteiger partial charge in [0.25, 0.3) is 5.91 Å². The van der Waals surface area contributed by atoms with Crippen LogP contribution >= 0.6 is 0 Å². The maximum Gasteiger partial charge on any atom is 0.573 e. The Morgan fingerprint density at radius 3 is 2.34 bits per heavy atom. The molecule has 0 radical (unpaired) electrons. The van der Waals surface area contributed by atoms with Crippen LogP contribution in [0.1, 0.15) is 24.3 Å². The fourth-order valence-electron chi connectivity index (χ4n) is 2.90. The van der Waals surface area contributed by atoms with Gasteiger partial charge in [0.2, 0.25) is 5.95 Å². The molecular formula is C17H17F3N6O3. The predicted molar refractivity (Wildman–Crippen MR) is 97.0 cm³/mol. The van der Waals surface area contributed by atoms with Crippen molar-refractivity contribution in [3.63, 3.8) is 0 Å². The van der Waals surface area contributed by atoms with E-state index in [9.17, 15) is 22.8 Å². The van der Waals surface area contributed by atoms with Gasteiger partial charge in [0.1, 0.15) is 17.3 Å². The minimum Gasteiger partial charge on any atom is -0.406 e. The molecule has 1 aromatic heterocycles. The summed E-state index contributed by atoms with van der Waals surface area (Å²) in [6.07, 6.45) is -4.84. The Labute approximate surface area is 162 Å². The van der Waals surface area contributed by atoms with Crippen LogP contribution in [0.5, 0.6) is 5.75 Å². The van der Waals surface area contributed by atoms with E-state index in [-0.39, 0.29) is 35.1 Å². The van der Waals surface area contributed by atoms with Crippen molar-refractivity contribution in [3.05, 3.63) is 30.0 Å². The maximum atomic E-state index is 12.3. The number of carbonyl (C=O) groups excluding carboxylic acids is 2. The lowest BCUT2D eigenvalue weighted by atomic mass is 10.0. The van der Waals surface area contributed by atoms with Gasteiger partial charge in [-0.1, -0.05) is 12.1 Å². The Morgan fingerprint density at radius 1 is 1.24 bits per heavy atom. The maximum absolute atomic E-state index is 12.3. The highest BCUT2D eigenvalue weighted by molar-refractivity contribution is 6.02. The largest absolute Gasteiger partial charge is 0.573 e. The van der Waals surface area contributed by atoms with Crippen molar-refractivity contribution in [1.82, 2.24) is 15.3 Å². The topological polar surface area (TPSA) is 136 Å². The summed E-state index contributed by atoms with van der Waals surface area (Å²) in [5.74, 6) is -1.66. The second-order valence-electron chi connectivity index (χ2n) is 6.97. The summed E-state index contributed by atoms with van der Waals surface area (Å²) >= 11 is 0. The number of nitrogens with zero attached hydrogens (tertiary/aromatic N) is 3. The van der Waals surface area contributed by atoms with Crippen molar-refractivity contribution in [1.29, 1.82) is 0 Å². The molecule has 0 saturated carbocycles. The van der Waals surface area contributed by atoms with Crippen molar-refractivity contribution in [2.45, 2.75) is 25.7 Å². The first kappa shape index (κ1) is 20.2. The van der Waals surface area contributed by atoms with E-state index in [0.29, 0.717) is 0 Å². The van der Waals surface area contributed by atoms with Gasteiger partial charge in [0.15, 0.2) is 0 Å². The number of ether oxygens (including phenoxy) is 1. The van der Waals surface area contributed by atoms with Gasteiger partial charge < -0.3 is 21.5 Å². The molecule has 1 aromatic carbocycles. The van der Waals surface area contributed by atoms with Gasteiger partial charge in [-0.25, -0.2) is 9.78 Å². The quantitative estimate of drug-likeness (QED) is 0.706. The van der Waals surface area contributed by atoms with Gasteiger partial charge in [0.05, 0.1) is 17.6 Å². The summed E-state index contributed by atoms with van der Waals surface area (Å²) in [6, 6.07) is 4.16. The summed E-state index contributed by atoms with van der Waals surface area (Å²) < 4.78 is 40.8. The predicted octanol–water partition coefficient (Wildman–Crippen LogP) is 2.03. The lowest BCUT2D eigenvalue weighted by molar-refractivity contribution is -0.274. The highest BCUT2D eigenvalue weighted by atomic mass is 19.4. The minimum absolute atomic E-state index is 0.0404. The second kappa shape index (κ2) is 6.79. The van der Waals surface area contributed by atoms with Crippen molar-refractivity contribution in [2.75, 3.05) is 17.2 Å². The van der Waals surface area contributed by atoms with E-state index in [4.69, 9.17) is 11.5 Å². The zero-order chi connectivity index (χ0) is 21.6. The van der Waals surface area contributed by atoms with Crippen molar-refractivity contribution in [2.24, 2.45) is 5.73 Å². The SMILES string of the molecule is CC1(C)CN(c2nc(N)c(-c3ccc(OC(F)(F)F)cc3)c(C(N)=O)n2)C(=O)N1. The summed E-state index contributed by atoms with van der Waals surface area (Å²) in [6.45, 7) is 3.82. The van der Waals surface area contributed by atoms with Crippen molar-refractivity contribution in [3.8, 4) is 16.9 Å². The van der Waals surface area contributed by atoms with E-state index >= 15 is 0 Å². The van der Waals surface area contributed by atoms with Crippen molar-refractivity contribution >= 4 is 23.7 Å². The average molecular weight is 410 g/mol. The molecular weight excluding hydrogens is 393 g/mol. The number of alkyl halides is 3.